The summed E-state index contributed by atoms with van der Waals surface area (Å²) in [5, 5.41) is 2.74. The maximum atomic E-state index is 11.9. The number of rotatable bonds is 7. The summed E-state index contributed by atoms with van der Waals surface area (Å²) < 4.78 is 0. The van der Waals surface area contributed by atoms with E-state index in [0.29, 0.717) is 17.7 Å². The molecule has 0 heterocycles. The molecule has 0 fully saturated rings. The van der Waals surface area contributed by atoms with Crippen LogP contribution in [0.4, 0.5) is 5.69 Å². The smallest absolute Gasteiger partial charge is 0.241 e. The number of primary amides is 1. The summed E-state index contributed by atoms with van der Waals surface area (Å²) in [5.41, 5.74) is 12.2. The van der Waals surface area contributed by atoms with Crippen LogP contribution in [0.5, 0.6) is 0 Å². The standard InChI is InChI=1S/C13H19N3O2S/c1-19-7-6-10(14)13(18)16-11-5-3-2-4-9(11)8-12(15)17/h2-5,10H,6-8,14H2,1H3,(H2,15,17)(H,16,18)/t10-/m0/s1. The molecule has 0 saturated heterocycles. The molecular formula is C13H19N3O2S. The first kappa shape index (κ1) is 15.5. The number of carbonyl (C=O) groups is 2. The zero-order chi connectivity index (χ0) is 14.3. The zero-order valence-corrected chi connectivity index (χ0v) is 11.7. The van der Waals surface area contributed by atoms with Crippen molar-refractivity contribution in [1.29, 1.82) is 0 Å². The minimum absolute atomic E-state index is 0.0938. The lowest BCUT2D eigenvalue weighted by atomic mass is 10.1. The molecule has 0 spiro atoms. The first-order valence-electron chi connectivity index (χ1n) is 5.96. The Morgan fingerprint density at radius 3 is 2.68 bits per heavy atom. The summed E-state index contributed by atoms with van der Waals surface area (Å²) in [6.07, 6.45) is 2.67. The van der Waals surface area contributed by atoms with Crippen LogP contribution in [0.25, 0.3) is 0 Å². The van der Waals surface area contributed by atoms with Crippen molar-refractivity contribution in [3.63, 3.8) is 0 Å². The van der Waals surface area contributed by atoms with E-state index >= 15 is 0 Å². The predicted octanol–water partition coefficient (Wildman–Crippen LogP) is 0.733. The van der Waals surface area contributed by atoms with Crippen molar-refractivity contribution >= 4 is 29.3 Å². The van der Waals surface area contributed by atoms with Crippen molar-refractivity contribution in [2.45, 2.75) is 18.9 Å². The number of hydrogen-bond acceptors (Lipinski definition) is 4. The van der Waals surface area contributed by atoms with E-state index in [1.807, 2.05) is 6.26 Å². The van der Waals surface area contributed by atoms with E-state index in [9.17, 15) is 9.59 Å². The van der Waals surface area contributed by atoms with Gasteiger partial charge in [0, 0.05) is 5.69 Å². The number of carbonyl (C=O) groups excluding carboxylic acids is 2. The van der Waals surface area contributed by atoms with Crippen LogP contribution in [0.15, 0.2) is 24.3 Å². The molecule has 0 aliphatic heterocycles. The molecule has 0 saturated carbocycles. The molecule has 5 N–H and O–H groups in total. The average molecular weight is 281 g/mol. The molecule has 0 bridgehead atoms. The van der Waals surface area contributed by atoms with Gasteiger partial charge in [0.15, 0.2) is 0 Å². The van der Waals surface area contributed by atoms with Gasteiger partial charge in [-0.05, 0) is 30.1 Å². The Hall–Kier alpha value is -1.53. The molecule has 1 aromatic rings. The van der Waals surface area contributed by atoms with Crippen molar-refractivity contribution in [2.24, 2.45) is 11.5 Å². The highest BCUT2D eigenvalue weighted by Crippen LogP contribution is 2.16. The maximum Gasteiger partial charge on any atom is 0.241 e. The Kier molecular flexibility index (Phi) is 6.38. The summed E-state index contributed by atoms with van der Waals surface area (Å²) in [5.74, 6) is 0.150. The molecular weight excluding hydrogens is 262 g/mol. The van der Waals surface area contributed by atoms with Crippen LogP contribution < -0.4 is 16.8 Å². The fraction of sp³-hybridized carbons (Fsp3) is 0.385. The zero-order valence-electron chi connectivity index (χ0n) is 10.9. The molecule has 0 aromatic heterocycles. The number of para-hydroxylation sites is 1. The lowest BCUT2D eigenvalue weighted by Crippen LogP contribution is -2.36. The quantitative estimate of drug-likeness (QED) is 0.686. The normalized spacial score (nSPS) is 11.9. The van der Waals surface area contributed by atoms with E-state index in [4.69, 9.17) is 11.5 Å². The molecule has 5 nitrogen and oxygen atoms in total. The van der Waals surface area contributed by atoms with E-state index in [1.165, 1.54) is 0 Å². The highest BCUT2D eigenvalue weighted by atomic mass is 32.2. The van der Waals surface area contributed by atoms with Gasteiger partial charge in [0.05, 0.1) is 12.5 Å². The van der Waals surface area contributed by atoms with Gasteiger partial charge in [-0.25, -0.2) is 0 Å². The minimum atomic E-state index is -0.547. The summed E-state index contributed by atoms with van der Waals surface area (Å²) in [6.45, 7) is 0. The highest BCUT2D eigenvalue weighted by Gasteiger charge is 2.14. The monoisotopic (exact) mass is 281 g/mol. The van der Waals surface area contributed by atoms with Gasteiger partial charge in [-0.15, -0.1) is 0 Å². The number of nitrogens with two attached hydrogens (primary N) is 2. The van der Waals surface area contributed by atoms with E-state index < -0.39 is 11.9 Å². The second-order valence-electron chi connectivity index (χ2n) is 4.18. The molecule has 1 atom stereocenters. The van der Waals surface area contributed by atoms with Crippen molar-refractivity contribution in [1.82, 2.24) is 0 Å². The molecule has 104 valence electrons. The SMILES string of the molecule is CSCC[C@H](N)C(=O)Nc1ccccc1CC(N)=O. The summed E-state index contributed by atoms with van der Waals surface area (Å²) in [4.78, 5) is 22.9. The Morgan fingerprint density at radius 1 is 1.37 bits per heavy atom. The molecule has 0 unspecified atom stereocenters. The third-order valence-electron chi connectivity index (χ3n) is 2.61. The Morgan fingerprint density at radius 2 is 2.05 bits per heavy atom. The predicted molar refractivity (Wildman–Crippen MR) is 78.9 cm³/mol. The van der Waals surface area contributed by atoms with Gasteiger partial charge in [-0.2, -0.15) is 11.8 Å². The number of amides is 2. The van der Waals surface area contributed by atoms with Crippen LogP contribution in [-0.2, 0) is 16.0 Å². The van der Waals surface area contributed by atoms with Crippen LogP contribution in [0.1, 0.15) is 12.0 Å². The van der Waals surface area contributed by atoms with Crippen molar-refractivity contribution < 1.29 is 9.59 Å². The fourth-order valence-electron chi connectivity index (χ4n) is 1.59. The van der Waals surface area contributed by atoms with E-state index in [-0.39, 0.29) is 12.3 Å². The fourth-order valence-corrected chi connectivity index (χ4v) is 2.08. The molecule has 1 rings (SSSR count). The second kappa shape index (κ2) is 7.81. The van der Waals surface area contributed by atoms with Gasteiger partial charge in [-0.3, -0.25) is 9.59 Å². The topological polar surface area (TPSA) is 98.2 Å². The van der Waals surface area contributed by atoms with Gasteiger partial charge < -0.3 is 16.8 Å². The number of nitrogens with one attached hydrogen (secondary N) is 1. The van der Waals surface area contributed by atoms with Crippen LogP contribution in [-0.4, -0.2) is 29.9 Å². The van der Waals surface area contributed by atoms with Crippen LogP contribution in [0.3, 0.4) is 0 Å². The van der Waals surface area contributed by atoms with Gasteiger partial charge in [0.2, 0.25) is 11.8 Å². The summed E-state index contributed by atoms with van der Waals surface area (Å²) in [6, 6.07) is 6.52. The largest absolute Gasteiger partial charge is 0.369 e. The average Bonchev–Trinajstić information content (AvgIpc) is 2.37. The molecule has 0 aliphatic rings. The van der Waals surface area contributed by atoms with Crippen LogP contribution in [0, 0.1) is 0 Å². The van der Waals surface area contributed by atoms with Crippen LogP contribution in [0.2, 0.25) is 0 Å². The molecule has 19 heavy (non-hydrogen) atoms. The number of hydrogen-bond donors (Lipinski definition) is 3. The van der Waals surface area contributed by atoms with Gasteiger partial charge in [0.25, 0.3) is 0 Å². The summed E-state index contributed by atoms with van der Waals surface area (Å²) in [7, 11) is 0. The van der Waals surface area contributed by atoms with Crippen molar-refractivity contribution in [3.8, 4) is 0 Å². The van der Waals surface area contributed by atoms with Gasteiger partial charge in [0.1, 0.15) is 0 Å². The Bertz CT molecular complexity index is 451. The lowest BCUT2D eigenvalue weighted by Gasteiger charge is -2.14. The Balaban J connectivity index is 2.70. The molecule has 1 aromatic carbocycles. The lowest BCUT2D eigenvalue weighted by molar-refractivity contribution is -0.118. The molecule has 0 aliphatic carbocycles. The molecule has 2 amide bonds. The minimum Gasteiger partial charge on any atom is -0.369 e. The van der Waals surface area contributed by atoms with Crippen molar-refractivity contribution in [3.05, 3.63) is 29.8 Å². The van der Waals surface area contributed by atoms with Gasteiger partial charge in [-0.1, -0.05) is 18.2 Å². The summed E-state index contributed by atoms with van der Waals surface area (Å²) >= 11 is 1.64. The molecule has 6 heteroatoms. The van der Waals surface area contributed by atoms with Gasteiger partial charge >= 0.3 is 0 Å². The number of thioether (sulfide) groups is 1. The van der Waals surface area contributed by atoms with E-state index in [2.05, 4.69) is 5.32 Å². The number of anilines is 1. The first-order chi connectivity index (χ1) is 9.04. The van der Waals surface area contributed by atoms with E-state index in [0.717, 1.165) is 5.75 Å². The maximum absolute atomic E-state index is 11.9. The van der Waals surface area contributed by atoms with Crippen molar-refractivity contribution in [2.75, 3.05) is 17.3 Å². The Labute approximate surface area is 117 Å². The first-order valence-corrected chi connectivity index (χ1v) is 7.35. The third kappa shape index (κ3) is 5.32. The van der Waals surface area contributed by atoms with Crippen LogP contribution >= 0.6 is 11.8 Å². The highest BCUT2D eigenvalue weighted by molar-refractivity contribution is 7.98. The van der Waals surface area contributed by atoms with E-state index in [1.54, 1.807) is 36.0 Å². The number of benzene rings is 1. The second-order valence-corrected chi connectivity index (χ2v) is 5.16. The molecule has 0 radical (unpaired) electrons. The third-order valence-corrected chi connectivity index (χ3v) is 3.25.